The summed E-state index contributed by atoms with van der Waals surface area (Å²) in [4.78, 5) is 16.8. The van der Waals surface area contributed by atoms with Crippen LogP contribution in [0.4, 0.5) is 4.39 Å². The van der Waals surface area contributed by atoms with E-state index in [1.54, 1.807) is 18.2 Å². The van der Waals surface area contributed by atoms with Gasteiger partial charge in [-0.15, -0.1) is 0 Å². The molecule has 6 heteroatoms. The summed E-state index contributed by atoms with van der Waals surface area (Å²) in [6.07, 6.45) is 6.27. The molecular formula is C23H22ClFN4. The molecular weight excluding hydrogens is 387 g/mol. The van der Waals surface area contributed by atoms with E-state index in [-0.39, 0.29) is 5.82 Å². The Kier molecular flexibility index (Phi) is 4.70. The van der Waals surface area contributed by atoms with Gasteiger partial charge in [0.05, 0.1) is 11.0 Å². The van der Waals surface area contributed by atoms with Crippen molar-refractivity contribution in [3.8, 4) is 0 Å². The number of nitrogens with zero attached hydrogens (tertiary/aromatic N) is 3. The summed E-state index contributed by atoms with van der Waals surface area (Å²) in [6, 6.07) is 10.6. The molecule has 29 heavy (non-hydrogen) atoms. The lowest BCUT2D eigenvalue weighted by Gasteiger charge is -2.32. The lowest BCUT2D eigenvalue weighted by Crippen LogP contribution is -2.19. The molecule has 1 saturated carbocycles. The molecule has 0 aliphatic heterocycles. The Labute approximate surface area is 173 Å². The number of H-pyrrole nitrogens is 1. The summed E-state index contributed by atoms with van der Waals surface area (Å²) < 4.78 is 13.8. The molecule has 1 N–H and O–H groups in total. The summed E-state index contributed by atoms with van der Waals surface area (Å²) in [7, 11) is 0. The fraction of sp³-hybridized carbons (Fsp3) is 0.348. The molecule has 0 saturated heterocycles. The fourth-order valence-electron chi connectivity index (χ4n) is 4.75. The number of hydrogen-bond acceptors (Lipinski definition) is 3. The van der Waals surface area contributed by atoms with Crippen molar-refractivity contribution in [2.75, 3.05) is 0 Å². The van der Waals surface area contributed by atoms with Crippen LogP contribution in [0.5, 0.6) is 0 Å². The Bertz CT molecular complexity index is 1180. The number of hydrogen-bond donors (Lipinski definition) is 1. The van der Waals surface area contributed by atoms with Gasteiger partial charge in [-0.1, -0.05) is 18.5 Å². The van der Waals surface area contributed by atoms with Gasteiger partial charge in [-0.3, -0.25) is 4.98 Å². The molecule has 1 aliphatic rings. The van der Waals surface area contributed by atoms with E-state index in [1.165, 1.54) is 11.6 Å². The van der Waals surface area contributed by atoms with Crippen molar-refractivity contribution in [3.05, 3.63) is 65.0 Å². The number of rotatable bonds is 3. The first-order chi connectivity index (χ1) is 14.1. The van der Waals surface area contributed by atoms with Gasteiger partial charge < -0.3 is 4.98 Å². The number of pyridine rings is 2. The number of halogens is 2. The van der Waals surface area contributed by atoms with Crippen molar-refractivity contribution in [3.63, 3.8) is 0 Å². The number of fused-ring (bicyclic) bond motifs is 2. The molecule has 5 rings (SSSR count). The predicted molar refractivity (Wildman–Crippen MR) is 114 cm³/mol. The smallest absolute Gasteiger partial charge is 0.179 e. The molecule has 3 heterocycles. The van der Waals surface area contributed by atoms with E-state index >= 15 is 0 Å². The number of aromatic nitrogens is 4. The van der Waals surface area contributed by atoms with Gasteiger partial charge in [0.2, 0.25) is 0 Å². The first-order valence-corrected chi connectivity index (χ1v) is 10.5. The largest absolute Gasteiger partial charge is 0.340 e. The normalized spacial score (nSPS) is 20.9. The van der Waals surface area contributed by atoms with Gasteiger partial charge in [0.15, 0.2) is 5.65 Å². The Hall–Kier alpha value is -2.53. The zero-order chi connectivity index (χ0) is 20.0. The molecule has 1 aliphatic carbocycles. The standard InChI is InChI=1S/C23H22ClFN4/c1-13(22-27-20-8-9-21(24)28-23(20)29-22)14-2-4-15(5-3-14)17-10-11-26-19-7-6-16(25)12-18(17)19/h6-15H,2-5H2,1H3,(H,27,28,29)/t13?,14-,15+. The van der Waals surface area contributed by atoms with Crippen LogP contribution in [0.2, 0.25) is 5.15 Å². The molecule has 0 bridgehead atoms. The molecule has 148 valence electrons. The SMILES string of the molecule is CC(c1nc2nc(Cl)ccc2[nH]1)[C@H]1CC[C@@H](c2ccnc3ccc(F)cc32)CC1. The van der Waals surface area contributed by atoms with Crippen LogP contribution in [-0.2, 0) is 0 Å². The monoisotopic (exact) mass is 408 g/mol. The number of imidazole rings is 1. The maximum atomic E-state index is 13.8. The van der Waals surface area contributed by atoms with E-state index in [1.807, 2.05) is 12.3 Å². The summed E-state index contributed by atoms with van der Waals surface area (Å²) >= 11 is 5.99. The van der Waals surface area contributed by atoms with Crippen LogP contribution in [0.1, 0.15) is 55.8 Å². The Morgan fingerprint density at radius 2 is 1.90 bits per heavy atom. The quantitative estimate of drug-likeness (QED) is 0.400. The summed E-state index contributed by atoms with van der Waals surface area (Å²) in [6.45, 7) is 2.24. The lowest BCUT2D eigenvalue weighted by atomic mass is 9.73. The lowest BCUT2D eigenvalue weighted by molar-refractivity contribution is 0.286. The average Bonchev–Trinajstić information content (AvgIpc) is 3.16. The summed E-state index contributed by atoms with van der Waals surface area (Å²) in [5, 5.41) is 1.41. The minimum Gasteiger partial charge on any atom is -0.340 e. The van der Waals surface area contributed by atoms with Gasteiger partial charge in [0.25, 0.3) is 0 Å². The second-order valence-electron chi connectivity index (χ2n) is 8.09. The van der Waals surface area contributed by atoms with Crippen LogP contribution in [0.25, 0.3) is 22.1 Å². The first kappa shape index (κ1) is 18.5. The zero-order valence-corrected chi connectivity index (χ0v) is 17.0. The molecule has 0 radical (unpaired) electrons. The predicted octanol–water partition coefficient (Wildman–Crippen LogP) is 6.38. The Morgan fingerprint density at radius 3 is 2.72 bits per heavy atom. The van der Waals surface area contributed by atoms with Crippen LogP contribution < -0.4 is 0 Å². The highest BCUT2D eigenvalue weighted by molar-refractivity contribution is 6.29. The van der Waals surface area contributed by atoms with Crippen LogP contribution in [0.15, 0.2) is 42.6 Å². The van der Waals surface area contributed by atoms with Crippen LogP contribution in [0, 0.1) is 11.7 Å². The van der Waals surface area contributed by atoms with Crippen LogP contribution >= 0.6 is 11.6 Å². The van der Waals surface area contributed by atoms with Crippen molar-refractivity contribution >= 4 is 33.7 Å². The van der Waals surface area contributed by atoms with Crippen molar-refractivity contribution < 1.29 is 4.39 Å². The number of benzene rings is 1. The van der Waals surface area contributed by atoms with E-state index in [0.717, 1.165) is 47.9 Å². The van der Waals surface area contributed by atoms with Gasteiger partial charge in [-0.05, 0) is 79.5 Å². The molecule has 1 aromatic carbocycles. The van der Waals surface area contributed by atoms with Crippen molar-refractivity contribution in [1.29, 1.82) is 0 Å². The van der Waals surface area contributed by atoms with Crippen molar-refractivity contribution in [1.82, 2.24) is 19.9 Å². The van der Waals surface area contributed by atoms with Crippen molar-refractivity contribution in [2.24, 2.45) is 5.92 Å². The van der Waals surface area contributed by atoms with Gasteiger partial charge in [0.1, 0.15) is 16.8 Å². The fourth-order valence-corrected chi connectivity index (χ4v) is 4.90. The van der Waals surface area contributed by atoms with E-state index in [0.29, 0.717) is 28.6 Å². The number of aromatic amines is 1. The number of nitrogens with one attached hydrogen (secondary N) is 1. The van der Waals surface area contributed by atoms with Crippen molar-refractivity contribution in [2.45, 2.75) is 44.4 Å². The highest BCUT2D eigenvalue weighted by atomic mass is 35.5. The van der Waals surface area contributed by atoms with E-state index in [9.17, 15) is 4.39 Å². The van der Waals surface area contributed by atoms with Gasteiger partial charge in [-0.25, -0.2) is 14.4 Å². The molecule has 1 unspecified atom stereocenters. The maximum absolute atomic E-state index is 13.8. The first-order valence-electron chi connectivity index (χ1n) is 10.1. The molecule has 1 atom stereocenters. The van der Waals surface area contributed by atoms with E-state index in [2.05, 4.69) is 32.9 Å². The summed E-state index contributed by atoms with van der Waals surface area (Å²) in [5.41, 5.74) is 3.70. The third-order valence-corrected chi connectivity index (χ3v) is 6.63. The minimum atomic E-state index is -0.201. The zero-order valence-electron chi connectivity index (χ0n) is 16.2. The maximum Gasteiger partial charge on any atom is 0.179 e. The third kappa shape index (κ3) is 3.48. The minimum absolute atomic E-state index is 0.201. The molecule has 0 spiro atoms. The second-order valence-corrected chi connectivity index (χ2v) is 8.48. The Balaban J connectivity index is 1.34. The molecule has 3 aromatic heterocycles. The van der Waals surface area contributed by atoms with Gasteiger partial charge in [0, 0.05) is 17.5 Å². The van der Waals surface area contributed by atoms with Gasteiger partial charge in [-0.2, -0.15) is 0 Å². The third-order valence-electron chi connectivity index (χ3n) is 6.42. The average molecular weight is 409 g/mol. The highest BCUT2D eigenvalue weighted by Crippen LogP contribution is 2.42. The highest BCUT2D eigenvalue weighted by Gasteiger charge is 2.29. The van der Waals surface area contributed by atoms with E-state index < -0.39 is 0 Å². The van der Waals surface area contributed by atoms with Gasteiger partial charge >= 0.3 is 0 Å². The molecule has 1 fully saturated rings. The van der Waals surface area contributed by atoms with Crippen LogP contribution in [0.3, 0.4) is 0 Å². The second kappa shape index (κ2) is 7.38. The Morgan fingerprint density at radius 1 is 1.07 bits per heavy atom. The molecule has 4 aromatic rings. The topological polar surface area (TPSA) is 54.5 Å². The van der Waals surface area contributed by atoms with Crippen LogP contribution in [-0.4, -0.2) is 19.9 Å². The summed E-state index contributed by atoms with van der Waals surface area (Å²) in [5.74, 6) is 2.12. The molecule has 0 amide bonds. The van der Waals surface area contributed by atoms with E-state index in [4.69, 9.17) is 11.6 Å². The molecule has 4 nitrogen and oxygen atoms in total.